The molecule has 0 radical (unpaired) electrons. The van der Waals surface area contributed by atoms with Crippen molar-refractivity contribution in [1.29, 1.82) is 0 Å². The number of aryl methyl sites for hydroxylation is 1. The number of benzene rings is 3. The van der Waals surface area contributed by atoms with Gasteiger partial charge < -0.3 is 15.4 Å². The zero-order chi connectivity index (χ0) is 19.9. The molecule has 2 N–H and O–H groups in total. The number of anilines is 2. The summed E-state index contributed by atoms with van der Waals surface area (Å²) in [4.78, 5) is 24.2. The Kier molecular flexibility index (Phi) is 6.45. The summed E-state index contributed by atoms with van der Waals surface area (Å²) in [6.45, 7) is 1.86. The number of nitrogens with one attached hydrogen (secondary N) is 2. The van der Waals surface area contributed by atoms with E-state index in [1.165, 1.54) is 0 Å². The third-order valence-electron chi connectivity index (χ3n) is 3.96. The highest BCUT2D eigenvalue weighted by molar-refractivity contribution is 9.10. The van der Waals surface area contributed by atoms with Crippen molar-refractivity contribution in [3.8, 4) is 5.75 Å². The fraction of sp³-hybridized carbons (Fsp3) is 0.0909. The highest BCUT2D eigenvalue weighted by atomic mass is 79.9. The van der Waals surface area contributed by atoms with Gasteiger partial charge in [-0.3, -0.25) is 9.59 Å². The minimum atomic E-state index is -0.262. The Morgan fingerprint density at radius 2 is 1.54 bits per heavy atom. The van der Waals surface area contributed by atoms with Gasteiger partial charge in [0.2, 0.25) is 0 Å². The van der Waals surface area contributed by atoms with Crippen molar-refractivity contribution in [2.75, 3.05) is 17.2 Å². The summed E-state index contributed by atoms with van der Waals surface area (Å²) in [6, 6.07) is 21.4. The maximum atomic E-state index is 12.1. The third-order valence-corrected chi connectivity index (χ3v) is 4.85. The molecule has 142 valence electrons. The molecule has 0 atom stereocenters. The predicted octanol–water partition coefficient (Wildman–Crippen LogP) is 5.03. The lowest BCUT2D eigenvalue weighted by molar-refractivity contribution is -0.118. The van der Waals surface area contributed by atoms with Crippen LogP contribution in [0.25, 0.3) is 0 Å². The fourth-order valence-corrected chi connectivity index (χ4v) is 2.73. The van der Waals surface area contributed by atoms with Crippen molar-refractivity contribution in [1.82, 2.24) is 0 Å². The van der Waals surface area contributed by atoms with Gasteiger partial charge in [-0.25, -0.2) is 0 Å². The standard InChI is InChI=1S/C22H19BrN2O3/c1-15-13-19(11-12-20(15)23)28-14-21(26)24-17-7-9-18(10-8-17)25-22(27)16-5-3-2-4-6-16/h2-13H,14H2,1H3,(H,24,26)(H,25,27). The SMILES string of the molecule is Cc1cc(OCC(=O)Nc2ccc(NC(=O)c3ccccc3)cc2)ccc1Br. The summed E-state index contributed by atoms with van der Waals surface area (Å²) in [5.74, 6) is 0.187. The van der Waals surface area contributed by atoms with Gasteiger partial charge in [0.25, 0.3) is 11.8 Å². The van der Waals surface area contributed by atoms with Crippen LogP contribution < -0.4 is 15.4 Å². The van der Waals surface area contributed by atoms with E-state index in [0.29, 0.717) is 22.7 Å². The number of carbonyl (C=O) groups excluding carboxylic acids is 2. The molecule has 0 spiro atoms. The van der Waals surface area contributed by atoms with Crippen LogP contribution in [0, 0.1) is 6.92 Å². The van der Waals surface area contributed by atoms with Crippen LogP contribution in [-0.2, 0) is 4.79 Å². The van der Waals surface area contributed by atoms with Crippen LogP contribution in [0.1, 0.15) is 15.9 Å². The molecule has 0 aromatic heterocycles. The lowest BCUT2D eigenvalue weighted by Gasteiger charge is -2.10. The Morgan fingerprint density at radius 3 is 2.18 bits per heavy atom. The van der Waals surface area contributed by atoms with E-state index in [4.69, 9.17) is 4.74 Å². The first-order chi connectivity index (χ1) is 13.5. The molecule has 6 heteroatoms. The molecule has 0 bridgehead atoms. The number of ether oxygens (including phenoxy) is 1. The summed E-state index contributed by atoms with van der Waals surface area (Å²) in [6.07, 6.45) is 0. The summed E-state index contributed by atoms with van der Waals surface area (Å²) in [7, 11) is 0. The highest BCUT2D eigenvalue weighted by Gasteiger charge is 2.07. The Labute approximate surface area is 171 Å². The number of hydrogen-bond donors (Lipinski definition) is 2. The molecule has 2 amide bonds. The summed E-state index contributed by atoms with van der Waals surface area (Å²) in [5, 5.41) is 5.58. The van der Waals surface area contributed by atoms with Crippen LogP contribution in [0.3, 0.4) is 0 Å². The minimum Gasteiger partial charge on any atom is -0.484 e. The molecule has 3 aromatic carbocycles. The van der Waals surface area contributed by atoms with Gasteiger partial charge in [0, 0.05) is 21.4 Å². The zero-order valence-electron chi connectivity index (χ0n) is 15.2. The van der Waals surface area contributed by atoms with Crippen LogP contribution in [0.4, 0.5) is 11.4 Å². The molecule has 3 rings (SSSR count). The van der Waals surface area contributed by atoms with E-state index >= 15 is 0 Å². The van der Waals surface area contributed by atoms with Crippen LogP contribution in [-0.4, -0.2) is 18.4 Å². The number of hydrogen-bond acceptors (Lipinski definition) is 3. The van der Waals surface area contributed by atoms with Crippen LogP contribution in [0.15, 0.2) is 77.3 Å². The molecular weight excluding hydrogens is 420 g/mol. The van der Waals surface area contributed by atoms with E-state index in [0.717, 1.165) is 10.0 Å². The quantitative estimate of drug-likeness (QED) is 0.567. The Balaban J connectivity index is 1.51. The lowest BCUT2D eigenvalue weighted by Crippen LogP contribution is -2.20. The highest BCUT2D eigenvalue weighted by Crippen LogP contribution is 2.21. The van der Waals surface area contributed by atoms with Gasteiger partial charge in [0.15, 0.2) is 6.61 Å². The molecule has 0 aliphatic rings. The van der Waals surface area contributed by atoms with Gasteiger partial charge in [0.05, 0.1) is 0 Å². The van der Waals surface area contributed by atoms with E-state index in [1.807, 2.05) is 37.3 Å². The van der Waals surface area contributed by atoms with Crippen molar-refractivity contribution in [2.24, 2.45) is 0 Å². The topological polar surface area (TPSA) is 67.4 Å². The minimum absolute atomic E-state index is 0.0897. The molecule has 0 fully saturated rings. The van der Waals surface area contributed by atoms with Gasteiger partial charge in [-0.2, -0.15) is 0 Å². The second-order valence-corrected chi connectivity index (χ2v) is 7.00. The largest absolute Gasteiger partial charge is 0.484 e. The van der Waals surface area contributed by atoms with Crippen molar-refractivity contribution < 1.29 is 14.3 Å². The van der Waals surface area contributed by atoms with E-state index < -0.39 is 0 Å². The first-order valence-electron chi connectivity index (χ1n) is 8.66. The van der Waals surface area contributed by atoms with E-state index in [2.05, 4.69) is 26.6 Å². The summed E-state index contributed by atoms with van der Waals surface area (Å²) >= 11 is 3.43. The molecule has 0 saturated heterocycles. The number of halogens is 1. The van der Waals surface area contributed by atoms with Crippen LogP contribution >= 0.6 is 15.9 Å². The smallest absolute Gasteiger partial charge is 0.262 e. The van der Waals surface area contributed by atoms with Crippen molar-refractivity contribution in [3.05, 3.63) is 88.4 Å². The molecule has 0 heterocycles. The third kappa shape index (κ3) is 5.44. The number of amides is 2. The molecule has 0 unspecified atom stereocenters. The second-order valence-electron chi connectivity index (χ2n) is 6.15. The average Bonchev–Trinajstić information content (AvgIpc) is 2.71. The Morgan fingerprint density at radius 1 is 0.893 bits per heavy atom. The first-order valence-corrected chi connectivity index (χ1v) is 9.46. The molecule has 28 heavy (non-hydrogen) atoms. The molecule has 0 aliphatic carbocycles. The van der Waals surface area contributed by atoms with Crippen LogP contribution in [0.2, 0.25) is 0 Å². The molecule has 0 aliphatic heterocycles. The predicted molar refractivity (Wildman–Crippen MR) is 114 cm³/mol. The molecule has 3 aromatic rings. The second kappa shape index (κ2) is 9.19. The lowest BCUT2D eigenvalue weighted by atomic mass is 10.2. The van der Waals surface area contributed by atoms with E-state index in [9.17, 15) is 9.59 Å². The van der Waals surface area contributed by atoms with Gasteiger partial charge in [-0.1, -0.05) is 34.1 Å². The maximum Gasteiger partial charge on any atom is 0.262 e. The maximum absolute atomic E-state index is 12.1. The summed E-state index contributed by atoms with van der Waals surface area (Å²) in [5.41, 5.74) is 2.89. The van der Waals surface area contributed by atoms with Gasteiger partial charge >= 0.3 is 0 Å². The molecule has 0 saturated carbocycles. The Hall–Kier alpha value is -3.12. The summed E-state index contributed by atoms with van der Waals surface area (Å²) < 4.78 is 6.50. The van der Waals surface area contributed by atoms with Crippen molar-refractivity contribution >= 4 is 39.1 Å². The fourth-order valence-electron chi connectivity index (χ4n) is 2.48. The van der Waals surface area contributed by atoms with Crippen molar-refractivity contribution in [3.63, 3.8) is 0 Å². The average molecular weight is 439 g/mol. The van der Waals surface area contributed by atoms with Crippen molar-refractivity contribution in [2.45, 2.75) is 6.92 Å². The van der Waals surface area contributed by atoms with E-state index in [1.54, 1.807) is 42.5 Å². The molecular formula is C22H19BrN2O3. The number of rotatable bonds is 6. The van der Waals surface area contributed by atoms with Gasteiger partial charge in [-0.15, -0.1) is 0 Å². The number of carbonyl (C=O) groups is 2. The van der Waals surface area contributed by atoms with Gasteiger partial charge in [-0.05, 0) is 67.1 Å². The normalized spacial score (nSPS) is 10.2. The molecule has 5 nitrogen and oxygen atoms in total. The zero-order valence-corrected chi connectivity index (χ0v) is 16.8. The van der Waals surface area contributed by atoms with E-state index in [-0.39, 0.29) is 18.4 Å². The monoisotopic (exact) mass is 438 g/mol. The van der Waals surface area contributed by atoms with Gasteiger partial charge in [0.1, 0.15) is 5.75 Å². The Bertz CT molecular complexity index is 973. The van der Waals surface area contributed by atoms with Crippen LogP contribution in [0.5, 0.6) is 5.75 Å². The first kappa shape index (κ1) is 19.6.